The zero-order chi connectivity index (χ0) is 13.1. The molecule has 2 fully saturated rings. The smallest absolute Gasteiger partial charge is 0.0406 e. The van der Waals surface area contributed by atoms with Crippen LogP contribution in [0.25, 0.3) is 0 Å². The number of hydrogen-bond acceptors (Lipinski definition) is 2. The van der Waals surface area contributed by atoms with Gasteiger partial charge in [0.05, 0.1) is 0 Å². The Kier molecular flexibility index (Phi) is 4.42. The molecule has 2 saturated heterocycles. The van der Waals surface area contributed by atoms with E-state index in [1.165, 1.54) is 50.9 Å². The zero-order valence-electron chi connectivity index (χ0n) is 11.4. The van der Waals surface area contributed by atoms with Gasteiger partial charge in [-0.3, -0.25) is 4.90 Å². The second-order valence-corrected chi connectivity index (χ2v) is 6.38. The Balaban J connectivity index is 1.48. The third-order valence-electron chi connectivity index (χ3n) is 4.62. The molecule has 1 unspecified atom stereocenters. The molecule has 2 heterocycles. The number of rotatable bonds is 3. The number of nitrogens with zero attached hydrogens (tertiary/aromatic N) is 1. The number of benzene rings is 1. The summed E-state index contributed by atoms with van der Waals surface area (Å²) in [4.78, 5) is 2.58. The van der Waals surface area contributed by atoms with Crippen LogP contribution < -0.4 is 5.32 Å². The van der Waals surface area contributed by atoms with Crippen LogP contribution in [0.4, 0.5) is 0 Å². The van der Waals surface area contributed by atoms with Crippen molar-refractivity contribution in [3.05, 3.63) is 34.9 Å². The molecular weight excluding hydrogens is 256 g/mol. The van der Waals surface area contributed by atoms with Gasteiger partial charge < -0.3 is 5.32 Å². The summed E-state index contributed by atoms with van der Waals surface area (Å²) in [5.74, 6) is 0.906. The van der Waals surface area contributed by atoms with Crippen molar-refractivity contribution < 1.29 is 0 Å². The molecule has 2 aliphatic rings. The Morgan fingerprint density at radius 1 is 1.11 bits per heavy atom. The van der Waals surface area contributed by atoms with Gasteiger partial charge in [0.25, 0.3) is 0 Å². The Morgan fingerprint density at radius 3 is 2.47 bits per heavy atom. The summed E-state index contributed by atoms with van der Waals surface area (Å²) in [5.41, 5.74) is 1.38. The average molecular weight is 279 g/mol. The van der Waals surface area contributed by atoms with Crippen molar-refractivity contribution >= 4 is 11.6 Å². The normalized spacial score (nSPS) is 25.8. The zero-order valence-corrected chi connectivity index (χ0v) is 12.2. The topological polar surface area (TPSA) is 15.3 Å². The largest absolute Gasteiger partial charge is 0.314 e. The first-order chi connectivity index (χ1) is 9.31. The minimum absolute atomic E-state index is 0.803. The van der Waals surface area contributed by atoms with Gasteiger partial charge in [0.1, 0.15) is 0 Å². The summed E-state index contributed by atoms with van der Waals surface area (Å²) in [6.45, 7) is 4.79. The van der Waals surface area contributed by atoms with Crippen LogP contribution in [0.15, 0.2) is 24.3 Å². The first-order valence-corrected chi connectivity index (χ1v) is 7.89. The molecule has 3 heteroatoms. The van der Waals surface area contributed by atoms with Crippen molar-refractivity contribution in [2.45, 2.75) is 38.3 Å². The van der Waals surface area contributed by atoms with Gasteiger partial charge in [-0.15, -0.1) is 0 Å². The standard InChI is InChI=1S/C16H23ClN2/c17-15-5-3-13(4-6-15)12-19-10-7-14(8-11-19)16-2-1-9-18-16/h3-6,14,16,18H,1-2,7-12H2. The monoisotopic (exact) mass is 278 g/mol. The van der Waals surface area contributed by atoms with Gasteiger partial charge in [-0.25, -0.2) is 0 Å². The second-order valence-electron chi connectivity index (χ2n) is 5.94. The summed E-state index contributed by atoms with van der Waals surface area (Å²) < 4.78 is 0. The predicted molar refractivity (Wildman–Crippen MR) is 80.5 cm³/mol. The molecule has 0 amide bonds. The molecule has 2 aliphatic heterocycles. The highest BCUT2D eigenvalue weighted by atomic mass is 35.5. The van der Waals surface area contributed by atoms with E-state index >= 15 is 0 Å². The van der Waals surface area contributed by atoms with Crippen molar-refractivity contribution in [1.82, 2.24) is 10.2 Å². The van der Waals surface area contributed by atoms with Crippen LogP contribution in [0.3, 0.4) is 0 Å². The lowest BCUT2D eigenvalue weighted by Gasteiger charge is -2.34. The highest BCUT2D eigenvalue weighted by Gasteiger charge is 2.28. The maximum atomic E-state index is 5.93. The van der Waals surface area contributed by atoms with Gasteiger partial charge in [-0.1, -0.05) is 23.7 Å². The molecule has 0 aliphatic carbocycles. The molecule has 3 rings (SSSR count). The van der Waals surface area contributed by atoms with E-state index in [9.17, 15) is 0 Å². The molecule has 0 bridgehead atoms. The predicted octanol–water partition coefficient (Wildman–Crippen LogP) is 3.30. The fraction of sp³-hybridized carbons (Fsp3) is 0.625. The summed E-state index contributed by atoms with van der Waals surface area (Å²) in [6.07, 6.45) is 5.47. The lowest BCUT2D eigenvalue weighted by molar-refractivity contribution is 0.157. The Morgan fingerprint density at radius 2 is 1.84 bits per heavy atom. The maximum absolute atomic E-state index is 5.93. The second kappa shape index (κ2) is 6.25. The molecule has 0 radical (unpaired) electrons. The molecule has 2 nitrogen and oxygen atoms in total. The van der Waals surface area contributed by atoms with Crippen LogP contribution >= 0.6 is 11.6 Å². The molecule has 1 aromatic carbocycles. The third kappa shape index (κ3) is 3.50. The first kappa shape index (κ1) is 13.4. The highest BCUT2D eigenvalue weighted by Crippen LogP contribution is 2.26. The van der Waals surface area contributed by atoms with Gasteiger partial charge >= 0.3 is 0 Å². The molecule has 1 aromatic rings. The minimum Gasteiger partial charge on any atom is -0.314 e. The summed E-state index contributed by atoms with van der Waals surface area (Å²) in [7, 11) is 0. The van der Waals surface area contributed by atoms with Crippen molar-refractivity contribution in [2.24, 2.45) is 5.92 Å². The van der Waals surface area contributed by atoms with E-state index in [2.05, 4.69) is 22.3 Å². The van der Waals surface area contributed by atoms with Gasteiger partial charge in [0.15, 0.2) is 0 Å². The lowest BCUT2D eigenvalue weighted by Crippen LogP contribution is -2.40. The molecule has 1 N–H and O–H groups in total. The molecule has 0 saturated carbocycles. The van der Waals surface area contributed by atoms with E-state index in [0.29, 0.717) is 0 Å². The third-order valence-corrected chi connectivity index (χ3v) is 4.87. The molecule has 0 aromatic heterocycles. The van der Waals surface area contributed by atoms with Crippen LogP contribution in [0.5, 0.6) is 0 Å². The van der Waals surface area contributed by atoms with E-state index in [-0.39, 0.29) is 0 Å². The van der Waals surface area contributed by atoms with Gasteiger partial charge in [0.2, 0.25) is 0 Å². The average Bonchev–Trinajstić information content (AvgIpc) is 2.96. The maximum Gasteiger partial charge on any atom is 0.0406 e. The summed E-state index contributed by atoms with van der Waals surface area (Å²) in [6, 6.07) is 9.08. The van der Waals surface area contributed by atoms with Crippen LogP contribution in [0, 0.1) is 5.92 Å². The fourth-order valence-corrected chi connectivity index (χ4v) is 3.60. The summed E-state index contributed by atoms with van der Waals surface area (Å²) in [5, 5.41) is 4.49. The number of halogens is 1. The van der Waals surface area contributed by atoms with Crippen LogP contribution in [0.1, 0.15) is 31.2 Å². The Labute approximate surface area is 121 Å². The molecule has 104 valence electrons. The van der Waals surface area contributed by atoms with E-state index in [1.54, 1.807) is 0 Å². The highest BCUT2D eigenvalue weighted by molar-refractivity contribution is 6.30. The molecular formula is C16H23ClN2. The van der Waals surface area contributed by atoms with Gasteiger partial charge in [-0.2, -0.15) is 0 Å². The fourth-order valence-electron chi connectivity index (χ4n) is 3.48. The van der Waals surface area contributed by atoms with Gasteiger partial charge in [0, 0.05) is 17.6 Å². The van der Waals surface area contributed by atoms with Crippen molar-refractivity contribution in [3.8, 4) is 0 Å². The lowest BCUT2D eigenvalue weighted by atomic mass is 9.88. The van der Waals surface area contributed by atoms with E-state index in [1.807, 2.05) is 12.1 Å². The Hall–Kier alpha value is -0.570. The molecule has 1 atom stereocenters. The van der Waals surface area contributed by atoms with Crippen molar-refractivity contribution in [2.75, 3.05) is 19.6 Å². The number of hydrogen-bond donors (Lipinski definition) is 1. The van der Waals surface area contributed by atoms with Crippen LogP contribution in [0.2, 0.25) is 5.02 Å². The molecule has 19 heavy (non-hydrogen) atoms. The number of likely N-dealkylation sites (tertiary alicyclic amines) is 1. The molecule has 0 spiro atoms. The van der Waals surface area contributed by atoms with E-state index in [0.717, 1.165) is 23.5 Å². The first-order valence-electron chi connectivity index (χ1n) is 7.51. The van der Waals surface area contributed by atoms with Gasteiger partial charge in [-0.05, 0) is 68.9 Å². The SMILES string of the molecule is Clc1ccc(CN2CCC(C3CCCN3)CC2)cc1. The summed E-state index contributed by atoms with van der Waals surface area (Å²) >= 11 is 5.93. The Bertz CT molecular complexity index is 390. The van der Waals surface area contributed by atoms with E-state index in [4.69, 9.17) is 11.6 Å². The van der Waals surface area contributed by atoms with Crippen LogP contribution in [-0.2, 0) is 6.54 Å². The van der Waals surface area contributed by atoms with Crippen molar-refractivity contribution in [3.63, 3.8) is 0 Å². The minimum atomic E-state index is 0.803. The van der Waals surface area contributed by atoms with Crippen molar-refractivity contribution in [1.29, 1.82) is 0 Å². The number of nitrogens with one attached hydrogen (secondary N) is 1. The quantitative estimate of drug-likeness (QED) is 0.913. The number of piperidine rings is 1. The van der Waals surface area contributed by atoms with E-state index < -0.39 is 0 Å². The van der Waals surface area contributed by atoms with Crippen LogP contribution in [-0.4, -0.2) is 30.6 Å².